The highest BCUT2D eigenvalue weighted by atomic mass is 35.5. The van der Waals surface area contributed by atoms with Gasteiger partial charge in [-0.15, -0.1) is 0 Å². The van der Waals surface area contributed by atoms with Gasteiger partial charge in [-0.2, -0.15) is 0 Å². The average molecular weight is 418 g/mol. The van der Waals surface area contributed by atoms with Crippen molar-refractivity contribution < 1.29 is 9.72 Å². The second-order valence-corrected chi connectivity index (χ2v) is 6.62. The summed E-state index contributed by atoms with van der Waals surface area (Å²) in [5.74, 6) is -0.637. The van der Waals surface area contributed by atoms with Gasteiger partial charge in [-0.3, -0.25) is 19.7 Å². The third-order valence-electron chi connectivity index (χ3n) is 3.94. The Morgan fingerprint density at radius 1 is 1.11 bits per heavy atom. The van der Waals surface area contributed by atoms with Crippen LogP contribution in [0.4, 0.5) is 11.4 Å². The quantitative estimate of drug-likeness (QED) is 0.492. The fourth-order valence-corrected chi connectivity index (χ4v) is 2.94. The summed E-state index contributed by atoms with van der Waals surface area (Å²) in [6, 6.07) is 13.7. The molecular formula is C19H13Cl2N3O4. The van der Waals surface area contributed by atoms with E-state index >= 15 is 0 Å². The number of halogens is 2. The normalized spacial score (nSPS) is 10.5. The Labute approximate surface area is 169 Å². The topological polar surface area (TPSA) is 94.2 Å². The van der Waals surface area contributed by atoms with Crippen LogP contribution in [-0.2, 0) is 6.54 Å². The van der Waals surface area contributed by atoms with Crippen molar-refractivity contribution in [2.45, 2.75) is 6.54 Å². The maximum Gasteiger partial charge on any atom is 0.269 e. The van der Waals surface area contributed by atoms with Crippen molar-refractivity contribution in [3.05, 3.63) is 102 Å². The number of rotatable bonds is 5. The minimum Gasteiger partial charge on any atom is -0.320 e. The van der Waals surface area contributed by atoms with Crippen LogP contribution in [0.3, 0.4) is 0 Å². The molecule has 1 heterocycles. The maximum atomic E-state index is 12.7. The fraction of sp³-hybridized carbons (Fsp3) is 0.0526. The number of carbonyl (C=O) groups excluding carboxylic acids is 1. The van der Waals surface area contributed by atoms with Gasteiger partial charge >= 0.3 is 0 Å². The Balaban J connectivity index is 1.88. The third-order valence-corrected chi connectivity index (χ3v) is 4.76. The molecule has 0 aliphatic heterocycles. The fourth-order valence-electron chi connectivity index (χ4n) is 2.59. The number of anilines is 1. The molecule has 0 saturated heterocycles. The summed E-state index contributed by atoms with van der Waals surface area (Å²) in [4.78, 5) is 35.6. The molecule has 2 aromatic carbocycles. The number of pyridine rings is 1. The van der Waals surface area contributed by atoms with Crippen LogP contribution in [0.25, 0.3) is 0 Å². The van der Waals surface area contributed by atoms with Crippen molar-refractivity contribution in [1.29, 1.82) is 0 Å². The van der Waals surface area contributed by atoms with Crippen LogP contribution < -0.4 is 10.9 Å². The number of nitrogens with zero attached hydrogens (tertiary/aromatic N) is 2. The lowest BCUT2D eigenvalue weighted by Crippen LogP contribution is -2.29. The van der Waals surface area contributed by atoms with Crippen molar-refractivity contribution in [2.75, 3.05) is 5.32 Å². The second-order valence-electron chi connectivity index (χ2n) is 5.84. The third kappa shape index (κ3) is 4.21. The molecule has 0 spiro atoms. The van der Waals surface area contributed by atoms with Gasteiger partial charge in [-0.25, -0.2) is 0 Å². The lowest BCUT2D eigenvalue weighted by Gasteiger charge is -2.10. The molecule has 0 unspecified atom stereocenters. The molecule has 0 aliphatic rings. The van der Waals surface area contributed by atoms with E-state index < -0.39 is 16.4 Å². The van der Waals surface area contributed by atoms with Gasteiger partial charge in [-0.05, 0) is 29.8 Å². The van der Waals surface area contributed by atoms with E-state index in [0.29, 0.717) is 5.56 Å². The SMILES string of the molecule is O=C(Nc1cccc(Cl)c1Cl)c1cccn(Cc2cccc([N+](=O)[O-])c2)c1=O. The monoisotopic (exact) mass is 417 g/mol. The summed E-state index contributed by atoms with van der Waals surface area (Å²) in [7, 11) is 0. The van der Waals surface area contributed by atoms with Gasteiger partial charge in [0.15, 0.2) is 0 Å². The molecule has 0 atom stereocenters. The van der Waals surface area contributed by atoms with Gasteiger partial charge in [-0.1, -0.05) is 41.4 Å². The number of nitro benzene ring substituents is 1. The highest BCUT2D eigenvalue weighted by Gasteiger charge is 2.15. The summed E-state index contributed by atoms with van der Waals surface area (Å²) in [6.07, 6.45) is 1.50. The van der Waals surface area contributed by atoms with Crippen molar-refractivity contribution in [1.82, 2.24) is 4.57 Å². The minimum absolute atomic E-state index is 0.0740. The van der Waals surface area contributed by atoms with E-state index in [4.69, 9.17) is 23.2 Å². The molecular weight excluding hydrogens is 405 g/mol. The number of benzene rings is 2. The first-order valence-corrected chi connectivity index (χ1v) is 8.80. The predicted molar refractivity (Wildman–Crippen MR) is 107 cm³/mol. The number of hydrogen-bond acceptors (Lipinski definition) is 4. The largest absolute Gasteiger partial charge is 0.320 e. The Hall–Kier alpha value is -3.16. The van der Waals surface area contributed by atoms with Crippen LogP contribution in [0.1, 0.15) is 15.9 Å². The van der Waals surface area contributed by atoms with Crippen LogP contribution in [-0.4, -0.2) is 15.4 Å². The van der Waals surface area contributed by atoms with Crippen LogP contribution in [0.2, 0.25) is 10.0 Å². The lowest BCUT2D eigenvalue weighted by molar-refractivity contribution is -0.384. The van der Waals surface area contributed by atoms with Crippen molar-refractivity contribution in [3.8, 4) is 0 Å². The zero-order valence-corrected chi connectivity index (χ0v) is 15.8. The van der Waals surface area contributed by atoms with E-state index in [1.54, 1.807) is 30.3 Å². The number of nitro groups is 1. The van der Waals surface area contributed by atoms with E-state index in [0.717, 1.165) is 0 Å². The molecule has 3 aromatic rings. The Bertz CT molecular complexity index is 1130. The van der Waals surface area contributed by atoms with Crippen LogP contribution in [0.5, 0.6) is 0 Å². The number of non-ortho nitro benzene ring substituents is 1. The molecule has 7 nitrogen and oxygen atoms in total. The van der Waals surface area contributed by atoms with E-state index in [1.807, 2.05) is 0 Å². The first kappa shape index (κ1) is 19.6. The van der Waals surface area contributed by atoms with Crippen LogP contribution in [0, 0.1) is 10.1 Å². The predicted octanol–water partition coefficient (Wildman–Crippen LogP) is 4.36. The van der Waals surface area contributed by atoms with Gasteiger partial charge in [0.05, 0.1) is 27.2 Å². The molecule has 0 aliphatic carbocycles. The zero-order valence-electron chi connectivity index (χ0n) is 14.3. The number of amides is 1. The Kier molecular flexibility index (Phi) is 5.77. The summed E-state index contributed by atoms with van der Waals surface area (Å²) in [5.41, 5.74) is 0.142. The molecule has 28 heavy (non-hydrogen) atoms. The number of aromatic nitrogens is 1. The zero-order chi connectivity index (χ0) is 20.3. The number of hydrogen-bond donors (Lipinski definition) is 1. The Morgan fingerprint density at radius 2 is 1.86 bits per heavy atom. The van der Waals surface area contributed by atoms with Crippen molar-refractivity contribution in [2.24, 2.45) is 0 Å². The van der Waals surface area contributed by atoms with Crippen molar-refractivity contribution in [3.63, 3.8) is 0 Å². The van der Waals surface area contributed by atoms with Gasteiger partial charge in [0.2, 0.25) is 0 Å². The molecule has 1 N–H and O–H groups in total. The first-order valence-electron chi connectivity index (χ1n) is 8.05. The number of carbonyl (C=O) groups is 1. The minimum atomic E-state index is -0.637. The summed E-state index contributed by atoms with van der Waals surface area (Å²) in [6.45, 7) is 0.0829. The molecule has 1 aromatic heterocycles. The van der Waals surface area contributed by atoms with Gasteiger partial charge in [0.25, 0.3) is 17.2 Å². The van der Waals surface area contributed by atoms with E-state index in [9.17, 15) is 19.7 Å². The highest BCUT2D eigenvalue weighted by molar-refractivity contribution is 6.44. The molecule has 142 valence electrons. The lowest BCUT2D eigenvalue weighted by atomic mass is 10.2. The van der Waals surface area contributed by atoms with Gasteiger partial charge < -0.3 is 9.88 Å². The molecule has 0 saturated carbocycles. The highest BCUT2D eigenvalue weighted by Crippen LogP contribution is 2.29. The molecule has 9 heteroatoms. The molecule has 0 bridgehead atoms. The smallest absolute Gasteiger partial charge is 0.269 e. The molecule has 0 radical (unpaired) electrons. The summed E-state index contributed by atoms with van der Waals surface area (Å²) >= 11 is 12.0. The second kappa shape index (κ2) is 8.24. The maximum absolute atomic E-state index is 12.7. The van der Waals surface area contributed by atoms with E-state index in [2.05, 4.69) is 5.32 Å². The average Bonchev–Trinajstić information content (AvgIpc) is 2.67. The molecule has 3 rings (SSSR count). The first-order chi connectivity index (χ1) is 13.4. The standard InChI is InChI=1S/C19H13Cl2N3O4/c20-15-7-2-8-16(17(15)21)22-18(25)14-6-3-9-23(19(14)26)11-12-4-1-5-13(10-12)24(27)28/h1-10H,11H2,(H,22,25). The van der Waals surface area contributed by atoms with E-state index in [1.165, 1.54) is 35.0 Å². The van der Waals surface area contributed by atoms with Crippen LogP contribution >= 0.6 is 23.2 Å². The van der Waals surface area contributed by atoms with E-state index in [-0.39, 0.29) is 33.5 Å². The summed E-state index contributed by atoms with van der Waals surface area (Å²) < 4.78 is 1.30. The van der Waals surface area contributed by atoms with Gasteiger partial charge in [0, 0.05) is 18.3 Å². The molecule has 0 fully saturated rings. The van der Waals surface area contributed by atoms with Crippen molar-refractivity contribution >= 4 is 40.5 Å². The number of nitrogens with one attached hydrogen (secondary N) is 1. The molecule has 1 amide bonds. The van der Waals surface area contributed by atoms with Crippen LogP contribution in [0.15, 0.2) is 65.6 Å². The van der Waals surface area contributed by atoms with Gasteiger partial charge in [0.1, 0.15) is 5.56 Å². The Morgan fingerprint density at radius 3 is 2.61 bits per heavy atom. The summed E-state index contributed by atoms with van der Waals surface area (Å²) in [5, 5.41) is 13.9.